The van der Waals surface area contributed by atoms with Crippen molar-refractivity contribution in [3.63, 3.8) is 0 Å². The third kappa shape index (κ3) is 8.14. The first kappa shape index (κ1) is 32.7. The van der Waals surface area contributed by atoms with Crippen molar-refractivity contribution in [1.82, 2.24) is 10.2 Å². The SMILES string of the molecule is COc1ccc([C@H](Cc2c(Cl)c[nH+]cc2Cl)OC(=O)c2ccc(CNC(C(=O)OC3CN(C)C3)c3ccccc3)s2)cc1OC. The number of esters is 2. The molecule has 2 aromatic carbocycles. The van der Waals surface area contributed by atoms with Gasteiger partial charge in [0.1, 0.15) is 33.2 Å². The number of methoxy groups -OCH3 is 2. The molecule has 236 valence electrons. The summed E-state index contributed by atoms with van der Waals surface area (Å²) < 4.78 is 22.7. The van der Waals surface area contributed by atoms with Gasteiger partial charge in [0.25, 0.3) is 0 Å². The first-order valence-corrected chi connectivity index (χ1v) is 15.9. The van der Waals surface area contributed by atoms with E-state index in [0.717, 1.165) is 23.5 Å². The van der Waals surface area contributed by atoms with Crippen LogP contribution in [-0.2, 0) is 27.2 Å². The molecule has 2 atom stereocenters. The lowest BCUT2D eigenvalue weighted by atomic mass is 10.0. The number of likely N-dealkylation sites (N-methyl/N-ethyl adjacent to an activating group) is 1. The molecule has 0 radical (unpaired) electrons. The number of carbonyl (C=O) groups is 2. The number of pyridine rings is 1. The Bertz CT molecular complexity index is 1610. The molecule has 5 rings (SSSR count). The van der Waals surface area contributed by atoms with Crippen molar-refractivity contribution >= 4 is 46.5 Å². The zero-order valence-corrected chi connectivity index (χ0v) is 27.4. The molecule has 2 N–H and O–H groups in total. The predicted molar refractivity (Wildman–Crippen MR) is 172 cm³/mol. The number of rotatable bonds is 13. The number of carbonyl (C=O) groups excluding carboxylic acids is 2. The minimum atomic E-state index is -0.735. The molecular weight excluding hydrogens is 637 g/mol. The fourth-order valence-electron chi connectivity index (χ4n) is 5.04. The lowest BCUT2D eigenvalue weighted by molar-refractivity contribution is -0.377. The number of halogens is 2. The van der Waals surface area contributed by atoms with Crippen molar-refractivity contribution in [1.29, 1.82) is 0 Å². The molecule has 9 nitrogen and oxygen atoms in total. The van der Waals surface area contributed by atoms with Crippen LogP contribution in [0.3, 0.4) is 0 Å². The molecule has 2 aromatic heterocycles. The Kier molecular flexibility index (Phi) is 11.0. The highest BCUT2D eigenvalue weighted by atomic mass is 35.5. The number of likely N-dealkylation sites (tertiary alicyclic amines) is 1. The third-order valence-corrected chi connectivity index (χ3v) is 9.18. The van der Waals surface area contributed by atoms with Gasteiger partial charge in [-0.2, -0.15) is 0 Å². The number of aromatic amines is 1. The number of H-pyrrole nitrogens is 1. The van der Waals surface area contributed by atoms with Gasteiger partial charge in [-0.1, -0.05) is 59.6 Å². The van der Waals surface area contributed by atoms with Crippen LogP contribution in [0.2, 0.25) is 10.0 Å². The van der Waals surface area contributed by atoms with Gasteiger partial charge < -0.3 is 18.9 Å². The molecule has 0 bridgehead atoms. The molecule has 0 saturated carbocycles. The van der Waals surface area contributed by atoms with E-state index in [0.29, 0.717) is 44.1 Å². The van der Waals surface area contributed by atoms with E-state index in [-0.39, 0.29) is 18.5 Å². The first-order chi connectivity index (χ1) is 21.7. The summed E-state index contributed by atoms with van der Waals surface area (Å²) in [6.07, 6.45) is 2.62. The lowest BCUT2D eigenvalue weighted by Gasteiger charge is -2.36. The van der Waals surface area contributed by atoms with Crippen molar-refractivity contribution in [2.24, 2.45) is 0 Å². The van der Waals surface area contributed by atoms with Gasteiger partial charge >= 0.3 is 11.9 Å². The fourth-order valence-corrected chi connectivity index (χ4v) is 6.42. The zero-order valence-electron chi connectivity index (χ0n) is 25.0. The molecule has 1 aliphatic heterocycles. The Morgan fingerprint density at radius 1 is 0.978 bits per heavy atom. The molecule has 1 unspecified atom stereocenters. The molecular formula is C33H34Cl2N3O6S+. The second-order valence-electron chi connectivity index (χ2n) is 10.6. The van der Waals surface area contributed by atoms with Crippen LogP contribution in [0.1, 0.15) is 43.4 Å². The smallest absolute Gasteiger partial charge is 0.348 e. The highest BCUT2D eigenvalue weighted by Gasteiger charge is 2.31. The van der Waals surface area contributed by atoms with Crippen LogP contribution in [-0.4, -0.2) is 57.3 Å². The van der Waals surface area contributed by atoms with Crippen molar-refractivity contribution in [2.45, 2.75) is 31.2 Å². The number of thiophene rings is 1. The van der Waals surface area contributed by atoms with Crippen molar-refractivity contribution < 1.29 is 33.5 Å². The van der Waals surface area contributed by atoms with E-state index >= 15 is 0 Å². The van der Waals surface area contributed by atoms with E-state index in [2.05, 4.69) is 15.2 Å². The van der Waals surface area contributed by atoms with E-state index in [1.807, 2.05) is 49.5 Å². The lowest BCUT2D eigenvalue weighted by Crippen LogP contribution is -2.51. The Balaban J connectivity index is 1.31. The average Bonchev–Trinajstić information content (AvgIpc) is 3.51. The van der Waals surface area contributed by atoms with Crippen LogP contribution < -0.4 is 19.8 Å². The highest BCUT2D eigenvalue weighted by molar-refractivity contribution is 7.13. The number of nitrogens with zero attached hydrogens (tertiary/aromatic N) is 1. The molecule has 0 amide bonds. The van der Waals surface area contributed by atoms with E-state index < -0.39 is 18.1 Å². The first-order valence-electron chi connectivity index (χ1n) is 14.3. The second kappa shape index (κ2) is 15.1. The summed E-state index contributed by atoms with van der Waals surface area (Å²) >= 11 is 14.2. The molecule has 1 aliphatic rings. The molecule has 0 spiro atoms. The molecule has 12 heteroatoms. The van der Waals surface area contributed by atoms with Gasteiger partial charge in [-0.05, 0) is 42.4 Å². The van der Waals surface area contributed by atoms with Crippen molar-refractivity contribution in [3.8, 4) is 11.5 Å². The number of hydrogen-bond donors (Lipinski definition) is 1. The van der Waals surface area contributed by atoms with Gasteiger partial charge in [0.15, 0.2) is 23.9 Å². The molecule has 0 aliphatic carbocycles. The second-order valence-corrected chi connectivity index (χ2v) is 12.6. The van der Waals surface area contributed by atoms with Gasteiger partial charge in [-0.3, -0.25) is 10.2 Å². The number of aromatic nitrogens is 1. The fraction of sp³-hybridized carbons (Fsp3) is 0.303. The van der Waals surface area contributed by atoms with Crippen LogP contribution >= 0.6 is 34.5 Å². The highest BCUT2D eigenvalue weighted by Crippen LogP contribution is 2.35. The molecule has 3 heterocycles. The summed E-state index contributed by atoms with van der Waals surface area (Å²) in [6, 6.07) is 17.7. The molecule has 1 fully saturated rings. The van der Waals surface area contributed by atoms with Crippen molar-refractivity contribution in [3.05, 3.63) is 110 Å². The van der Waals surface area contributed by atoms with E-state index in [1.165, 1.54) is 11.3 Å². The third-order valence-electron chi connectivity index (χ3n) is 7.44. The maximum Gasteiger partial charge on any atom is 0.348 e. The number of nitrogens with one attached hydrogen (secondary N) is 2. The van der Waals surface area contributed by atoms with Crippen LogP contribution in [0.4, 0.5) is 0 Å². The van der Waals surface area contributed by atoms with Crippen LogP contribution in [0.5, 0.6) is 11.5 Å². The van der Waals surface area contributed by atoms with E-state index in [9.17, 15) is 9.59 Å². The Morgan fingerprint density at radius 2 is 1.69 bits per heavy atom. The monoisotopic (exact) mass is 670 g/mol. The number of hydrogen-bond acceptors (Lipinski definition) is 9. The standard InChI is InChI=1S/C33H33Cl2N3O6S/c1-38-18-22(19-38)43-33(40)31(20-7-5-4-6-8-20)37-15-23-10-12-30(45-23)32(39)44-28(14-24-25(34)16-36-17-26(24)35)21-9-11-27(41-2)29(13-21)42-3/h4-13,16-17,22,28,31,37H,14-15,18-19H2,1-3H3/p+1/t28-,31?/m0/s1. The maximum absolute atomic E-state index is 13.5. The van der Waals surface area contributed by atoms with Crippen LogP contribution in [0, 0.1) is 0 Å². The predicted octanol–water partition coefficient (Wildman–Crippen LogP) is 5.72. The molecule has 4 aromatic rings. The summed E-state index contributed by atoms with van der Waals surface area (Å²) in [5.41, 5.74) is 2.12. The quantitative estimate of drug-likeness (QED) is 0.181. The van der Waals surface area contributed by atoms with Gasteiger partial charge in [0.2, 0.25) is 0 Å². The number of benzene rings is 2. The summed E-state index contributed by atoms with van der Waals surface area (Å²) in [5.74, 6) is 0.206. The van der Waals surface area contributed by atoms with Crippen LogP contribution in [0.25, 0.3) is 0 Å². The van der Waals surface area contributed by atoms with Crippen molar-refractivity contribution in [2.75, 3.05) is 34.4 Å². The zero-order chi connectivity index (χ0) is 31.9. The number of ether oxygens (including phenoxy) is 4. The topological polar surface area (TPSA) is 100 Å². The Labute approximate surface area is 276 Å². The normalized spacial score (nSPS) is 14.7. The summed E-state index contributed by atoms with van der Waals surface area (Å²) in [6.45, 7) is 1.78. The van der Waals surface area contributed by atoms with Gasteiger partial charge in [-0.15, -0.1) is 11.3 Å². The van der Waals surface area contributed by atoms with Gasteiger partial charge in [-0.25, -0.2) is 14.6 Å². The summed E-state index contributed by atoms with van der Waals surface area (Å²) in [4.78, 5) is 32.9. The van der Waals surface area contributed by atoms with Gasteiger partial charge in [0.05, 0.1) is 14.2 Å². The molecule has 1 saturated heterocycles. The molecule has 45 heavy (non-hydrogen) atoms. The summed E-state index contributed by atoms with van der Waals surface area (Å²) in [5, 5.41) is 4.16. The van der Waals surface area contributed by atoms with Gasteiger partial charge in [0, 0.05) is 36.5 Å². The largest absolute Gasteiger partial charge is 0.493 e. The maximum atomic E-state index is 13.5. The summed E-state index contributed by atoms with van der Waals surface area (Å²) in [7, 11) is 5.08. The van der Waals surface area contributed by atoms with E-state index in [1.54, 1.807) is 44.8 Å². The van der Waals surface area contributed by atoms with E-state index in [4.69, 9.17) is 42.1 Å². The Hall–Kier alpha value is -3.67. The Morgan fingerprint density at radius 3 is 2.36 bits per heavy atom. The van der Waals surface area contributed by atoms with Crippen LogP contribution in [0.15, 0.2) is 73.1 Å². The average molecular weight is 672 g/mol. The minimum Gasteiger partial charge on any atom is -0.493 e. The minimum absolute atomic E-state index is 0.115.